The maximum Gasteiger partial charge on any atom is 0.217 e. The molecule has 0 radical (unpaired) electrons. The van der Waals surface area contributed by atoms with E-state index in [1.807, 2.05) is 166 Å². The second-order valence-corrected chi connectivity index (χ2v) is 19.9. The summed E-state index contributed by atoms with van der Waals surface area (Å²) in [6, 6.07) is 48.6. The molecule has 0 spiro atoms. The SMILES string of the molecule is CC(=O)NC1[C@H](OC2[C@H](C)OC(C)[C@H](OCc3ccccc3)[C@H]2O[C@H]2O[C@H](COCc3ccccc3)[C@@H](OCc3ccccc3)C(OCc3ccccc3)C2OCc2ccccc2)OC2COC(C)(C)O[C@@H]2[C@@H]1O. The summed E-state index contributed by atoms with van der Waals surface area (Å²) in [5.74, 6) is -1.39. The summed E-state index contributed by atoms with van der Waals surface area (Å²) in [5.41, 5.74) is 4.78. The van der Waals surface area contributed by atoms with Gasteiger partial charge in [0.15, 0.2) is 18.4 Å². The molecule has 0 saturated carbocycles. The Morgan fingerprint density at radius 1 is 0.554 bits per heavy atom. The number of ether oxygens (including phenoxy) is 12. The van der Waals surface area contributed by atoms with Crippen LogP contribution >= 0.6 is 0 Å². The molecule has 4 aliphatic heterocycles. The molecule has 1 amide bonds. The minimum atomic E-state index is -1.24. The zero-order valence-corrected chi connectivity index (χ0v) is 42.8. The maximum absolute atomic E-state index is 12.9. The molecule has 0 aromatic heterocycles. The highest BCUT2D eigenvalue weighted by molar-refractivity contribution is 5.73. The number of fused-ring (bicyclic) bond motifs is 1. The fourth-order valence-electron chi connectivity index (χ4n) is 10.1. The van der Waals surface area contributed by atoms with Crippen molar-refractivity contribution >= 4 is 5.91 Å². The molecular weight excluding hydrogens is 947 g/mol. The molecule has 15 heteroatoms. The van der Waals surface area contributed by atoms with Gasteiger partial charge in [-0.3, -0.25) is 4.79 Å². The highest BCUT2D eigenvalue weighted by atomic mass is 16.8. The number of carbonyl (C=O) groups is 1. The maximum atomic E-state index is 12.9. The number of hydrogen-bond acceptors (Lipinski definition) is 14. The summed E-state index contributed by atoms with van der Waals surface area (Å²) in [7, 11) is 0. The van der Waals surface area contributed by atoms with Crippen LogP contribution in [0.3, 0.4) is 0 Å². The van der Waals surface area contributed by atoms with E-state index in [-0.39, 0.29) is 39.6 Å². The number of carbonyl (C=O) groups excluding carboxylic acids is 1. The Bertz CT molecular complexity index is 2440. The molecule has 4 aliphatic rings. The van der Waals surface area contributed by atoms with Crippen molar-refractivity contribution in [1.29, 1.82) is 0 Å². The minimum Gasteiger partial charge on any atom is -0.388 e. The molecular formula is C59H71NO14. The van der Waals surface area contributed by atoms with Gasteiger partial charge in [-0.15, -0.1) is 0 Å². The van der Waals surface area contributed by atoms with Crippen molar-refractivity contribution in [3.05, 3.63) is 179 Å². The first-order chi connectivity index (χ1) is 36.0. The van der Waals surface area contributed by atoms with Crippen LogP contribution in [0.2, 0.25) is 0 Å². The smallest absolute Gasteiger partial charge is 0.217 e. The van der Waals surface area contributed by atoms with Crippen LogP contribution in [0.4, 0.5) is 0 Å². The predicted octanol–water partition coefficient (Wildman–Crippen LogP) is 7.59. The summed E-state index contributed by atoms with van der Waals surface area (Å²) in [5, 5.41) is 14.9. The second-order valence-electron chi connectivity index (χ2n) is 19.9. The van der Waals surface area contributed by atoms with E-state index in [1.165, 1.54) is 6.92 Å². The van der Waals surface area contributed by atoms with Crippen molar-refractivity contribution < 1.29 is 66.7 Å². The number of rotatable bonds is 21. The fourth-order valence-corrected chi connectivity index (χ4v) is 10.1. The monoisotopic (exact) mass is 1020 g/mol. The Balaban J connectivity index is 1.10. The van der Waals surface area contributed by atoms with Gasteiger partial charge in [0.25, 0.3) is 0 Å². The number of hydrogen-bond donors (Lipinski definition) is 2. The second kappa shape index (κ2) is 25.7. The summed E-state index contributed by atoms with van der Waals surface area (Å²) in [6.45, 7) is 10.2. The lowest BCUT2D eigenvalue weighted by molar-refractivity contribution is -0.391. The van der Waals surface area contributed by atoms with E-state index >= 15 is 0 Å². The largest absolute Gasteiger partial charge is 0.388 e. The molecule has 15 atom stereocenters. The average molecular weight is 1020 g/mol. The fraction of sp³-hybridized carbons (Fsp3) is 0.475. The number of amides is 1. The lowest BCUT2D eigenvalue weighted by Gasteiger charge is -2.52. The molecule has 4 fully saturated rings. The summed E-state index contributed by atoms with van der Waals surface area (Å²) in [6.07, 6.45) is -12.2. The molecule has 9 rings (SSSR count). The highest BCUT2D eigenvalue weighted by Gasteiger charge is 2.56. The molecule has 4 saturated heterocycles. The van der Waals surface area contributed by atoms with Crippen LogP contribution in [-0.2, 0) is 94.7 Å². The van der Waals surface area contributed by atoms with Crippen LogP contribution in [0.5, 0.6) is 0 Å². The first-order valence-corrected chi connectivity index (χ1v) is 25.8. The van der Waals surface area contributed by atoms with Crippen molar-refractivity contribution in [2.24, 2.45) is 0 Å². The van der Waals surface area contributed by atoms with Gasteiger partial charge in [-0.25, -0.2) is 0 Å². The van der Waals surface area contributed by atoms with Crippen LogP contribution in [0, 0.1) is 0 Å². The predicted molar refractivity (Wildman–Crippen MR) is 272 cm³/mol. The molecule has 5 aromatic rings. The standard InChI is InChI=1S/C59H71NO14/c1-38-50(64-32-42-23-13-7-14-24-42)55(51(39(2)69-38)72-57-48(60-40(3)61)49(62)52-47(70-57)37-68-59(4,5)74-52)73-58-56(67-35-45-29-19-10-20-30-45)54(66-34-44-27-17-9-18-28-44)53(65-33-43-25-15-8-16-26-43)46(71-58)36-63-31-41-21-11-6-12-22-41/h6-30,38-39,46-58,62H,31-37H2,1-5H3,(H,60,61)/t38?,39-,46+,47?,48?,49+,50-,51?,52-,53+,54?,55+,56?,57-,58+/m0/s1. The van der Waals surface area contributed by atoms with Crippen LogP contribution < -0.4 is 5.32 Å². The molecule has 74 heavy (non-hydrogen) atoms. The third-order valence-corrected chi connectivity index (χ3v) is 13.8. The molecule has 0 aliphatic carbocycles. The van der Waals surface area contributed by atoms with Crippen LogP contribution in [0.15, 0.2) is 152 Å². The number of benzene rings is 5. The van der Waals surface area contributed by atoms with E-state index in [0.717, 1.165) is 27.8 Å². The number of nitrogens with one attached hydrogen (secondary N) is 1. The Hall–Kier alpha value is -4.95. The quantitative estimate of drug-likeness (QED) is 0.0740. The summed E-state index contributed by atoms with van der Waals surface area (Å²) >= 11 is 0. The van der Waals surface area contributed by atoms with Crippen LogP contribution in [-0.4, -0.2) is 122 Å². The minimum absolute atomic E-state index is 0.106. The van der Waals surface area contributed by atoms with Gasteiger partial charge in [-0.2, -0.15) is 0 Å². The topological polar surface area (TPSA) is 160 Å². The number of aliphatic hydroxyl groups is 1. The van der Waals surface area contributed by atoms with Gasteiger partial charge in [-0.1, -0.05) is 152 Å². The van der Waals surface area contributed by atoms with Gasteiger partial charge in [0.1, 0.15) is 67.1 Å². The van der Waals surface area contributed by atoms with Crippen molar-refractivity contribution in [3.63, 3.8) is 0 Å². The van der Waals surface area contributed by atoms with E-state index in [2.05, 4.69) is 5.32 Å². The van der Waals surface area contributed by atoms with Crippen LogP contribution in [0.25, 0.3) is 0 Å². The van der Waals surface area contributed by atoms with Gasteiger partial charge >= 0.3 is 0 Å². The molecule has 0 bridgehead atoms. The average Bonchev–Trinajstić information content (AvgIpc) is 3.40. The molecule has 6 unspecified atom stereocenters. The van der Waals surface area contributed by atoms with Gasteiger partial charge < -0.3 is 67.3 Å². The number of aliphatic hydroxyl groups excluding tert-OH is 1. The van der Waals surface area contributed by atoms with E-state index in [4.69, 9.17) is 56.8 Å². The Kier molecular flexibility index (Phi) is 18.7. The Morgan fingerprint density at radius 2 is 1.00 bits per heavy atom. The van der Waals surface area contributed by atoms with Crippen molar-refractivity contribution in [2.45, 2.75) is 165 Å². The first-order valence-electron chi connectivity index (χ1n) is 25.8. The van der Waals surface area contributed by atoms with Gasteiger partial charge in [0.05, 0.1) is 58.5 Å². The van der Waals surface area contributed by atoms with E-state index in [1.54, 1.807) is 13.8 Å². The van der Waals surface area contributed by atoms with Gasteiger partial charge in [0, 0.05) is 6.92 Å². The zero-order valence-electron chi connectivity index (χ0n) is 42.8. The Labute approximate surface area is 434 Å². The lowest BCUT2D eigenvalue weighted by Crippen LogP contribution is -2.70. The van der Waals surface area contributed by atoms with Crippen molar-refractivity contribution in [2.75, 3.05) is 13.2 Å². The Morgan fingerprint density at radius 3 is 1.51 bits per heavy atom. The molecule has 2 N–H and O–H groups in total. The van der Waals surface area contributed by atoms with Crippen molar-refractivity contribution in [1.82, 2.24) is 5.32 Å². The highest BCUT2D eigenvalue weighted by Crippen LogP contribution is 2.39. The summed E-state index contributed by atoms with van der Waals surface area (Å²) < 4.78 is 81.6. The van der Waals surface area contributed by atoms with Gasteiger partial charge in [0.2, 0.25) is 5.91 Å². The molecule has 396 valence electrons. The third kappa shape index (κ3) is 14.1. The normalized spacial score (nSPS) is 31.8. The van der Waals surface area contributed by atoms with Crippen LogP contribution in [0.1, 0.15) is 62.4 Å². The lowest BCUT2D eigenvalue weighted by atomic mass is 9.93. The molecule has 4 heterocycles. The third-order valence-electron chi connectivity index (χ3n) is 13.8. The van der Waals surface area contributed by atoms with E-state index in [0.29, 0.717) is 6.61 Å². The summed E-state index contributed by atoms with van der Waals surface area (Å²) in [4.78, 5) is 12.9. The van der Waals surface area contributed by atoms with E-state index in [9.17, 15) is 9.90 Å². The van der Waals surface area contributed by atoms with Crippen molar-refractivity contribution in [3.8, 4) is 0 Å². The first kappa shape index (κ1) is 53.9. The van der Waals surface area contributed by atoms with Gasteiger partial charge in [-0.05, 0) is 55.5 Å². The molecule has 5 aromatic carbocycles. The van der Waals surface area contributed by atoms with E-state index < -0.39 is 104 Å². The molecule has 15 nitrogen and oxygen atoms in total. The zero-order chi connectivity index (χ0) is 51.4.